The molecule has 4 nitrogen and oxygen atoms in total. The van der Waals surface area contributed by atoms with Gasteiger partial charge < -0.3 is 10.2 Å². The lowest BCUT2D eigenvalue weighted by Gasteiger charge is -2.28. The maximum atomic E-state index is 12.2. The molecule has 0 spiro atoms. The fourth-order valence-corrected chi connectivity index (χ4v) is 3.25. The second kappa shape index (κ2) is 8.70. The van der Waals surface area contributed by atoms with Crippen LogP contribution in [0.2, 0.25) is 0 Å². The Kier molecular flexibility index (Phi) is 6.63. The first kappa shape index (κ1) is 17.5. The van der Waals surface area contributed by atoms with Crippen molar-refractivity contribution in [1.29, 1.82) is 0 Å². The van der Waals surface area contributed by atoms with Crippen molar-refractivity contribution in [2.45, 2.75) is 39.0 Å². The Morgan fingerprint density at radius 3 is 2.30 bits per heavy atom. The Morgan fingerprint density at radius 1 is 1.09 bits per heavy atom. The number of nitrogens with one attached hydrogen (secondary N) is 1. The summed E-state index contributed by atoms with van der Waals surface area (Å²) in [4.78, 5) is 25.7. The highest BCUT2D eigenvalue weighted by atomic mass is 16.2. The summed E-state index contributed by atoms with van der Waals surface area (Å²) in [6, 6.07) is 9.06. The number of hydrogen-bond donors (Lipinski definition) is 1. The van der Waals surface area contributed by atoms with Gasteiger partial charge >= 0.3 is 0 Å². The molecular weight excluding hydrogens is 288 g/mol. The summed E-state index contributed by atoms with van der Waals surface area (Å²) in [7, 11) is 1.67. The molecule has 1 fully saturated rings. The molecule has 23 heavy (non-hydrogen) atoms. The topological polar surface area (TPSA) is 49.4 Å². The van der Waals surface area contributed by atoms with Crippen LogP contribution in [0.3, 0.4) is 0 Å². The predicted octanol–water partition coefficient (Wildman–Crippen LogP) is 3.09. The number of carbonyl (C=O) groups is 2. The highest BCUT2D eigenvalue weighted by Gasteiger charge is 2.21. The van der Waals surface area contributed by atoms with Gasteiger partial charge in [-0.1, -0.05) is 44.4 Å². The van der Waals surface area contributed by atoms with Gasteiger partial charge in [0, 0.05) is 19.2 Å². The van der Waals surface area contributed by atoms with Gasteiger partial charge in [0.1, 0.15) is 0 Å². The molecule has 1 aromatic carbocycles. The second-order valence-electron chi connectivity index (χ2n) is 6.63. The molecule has 126 valence electrons. The summed E-state index contributed by atoms with van der Waals surface area (Å²) < 4.78 is 0. The van der Waals surface area contributed by atoms with Gasteiger partial charge in [-0.25, -0.2) is 0 Å². The third-order valence-electron chi connectivity index (χ3n) is 4.88. The van der Waals surface area contributed by atoms with Crippen molar-refractivity contribution in [3.8, 4) is 0 Å². The van der Waals surface area contributed by atoms with Crippen LogP contribution in [0.5, 0.6) is 0 Å². The molecule has 2 rings (SSSR count). The van der Waals surface area contributed by atoms with E-state index < -0.39 is 0 Å². The molecule has 0 radical (unpaired) electrons. The second-order valence-corrected chi connectivity index (χ2v) is 6.63. The van der Waals surface area contributed by atoms with Crippen molar-refractivity contribution in [1.82, 2.24) is 10.2 Å². The fraction of sp³-hybridized carbons (Fsp3) is 0.579. The Morgan fingerprint density at radius 2 is 1.70 bits per heavy atom. The number of hydrogen-bond acceptors (Lipinski definition) is 2. The molecule has 0 aliphatic heterocycles. The number of nitrogens with zero attached hydrogens (tertiary/aromatic N) is 1. The first-order valence-corrected chi connectivity index (χ1v) is 8.67. The molecule has 1 saturated carbocycles. The molecule has 0 atom stereocenters. The minimum absolute atomic E-state index is 0.0746. The Hall–Kier alpha value is -1.84. The van der Waals surface area contributed by atoms with Crippen LogP contribution in [0.1, 0.15) is 49.4 Å². The third kappa shape index (κ3) is 5.38. The molecule has 1 aliphatic rings. The van der Waals surface area contributed by atoms with E-state index in [4.69, 9.17) is 0 Å². The quantitative estimate of drug-likeness (QED) is 0.877. The van der Waals surface area contributed by atoms with Crippen LogP contribution in [0.4, 0.5) is 0 Å². The van der Waals surface area contributed by atoms with E-state index in [9.17, 15) is 9.59 Å². The van der Waals surface area contributed by atoms with Crippen LogP contribution < -0.4 is 5.32 Å². The standard InChI is InChI=1S/C19H28N2O2/c1-3-15-9-11-16(12-10-15)13-20-18(22)14-21(2)19(23)17-7-5-4-6-8-17/h4-8,15-16H,3,9-14H2,1-2H3,(H,20,22). The van der Waals surface area contributed by atoms with Gasteiger partial charge in [-0.05, 0) is 36.8 Å². The average molecular weight is 316 g/mol. The monoisotopic (exact) mass is 316 g/mol. The lowest BCUT2D eigenvalue weighted by Crippen LogP contribution is -2.40. The van der Waals surface area contributed by atoms with Gasteiger partial charge in [-0.15, -0.1) is 0 Å². The molecule has 1 aromatic rings. The summed E-state index contributed by atoms with van der Waals surface area (Å²) in [5.74, 6) is 1.27. The molecule has 0 unspecified atom stereocenters. The number of carbonyl (C=O) groups excluding carboxylic acids is 2. The van der Waals surface area contributed by atoms with E-state index in [2.05, 4.69) is 12.2 Å². The van der Waals surface area contributed by atoms with Gasteiger partial charge in [-0.2, -0.15) is 0 Å². The van der Waals surface area contributed by atoms with E-state index in [0.29, 0.717) is 11.5 Å². The molecule has 0 aromatic heterocycles. The highest BCUT2D eigenvalue weighted by Crippen LogP contribution is 2.30. The van der Waals surface area contributed by atoms with E-state index >= 15 is 0 Å². The molecule has 4 heteroatoms. The molecule has 0 saturated heterocycles. The zero-order valence-corrected chi connectivity index (χ0v) is 14.3. The van der Waals surface area contributed by atoms with Crippen LogP contribution in [0.15, 0.2) is 30.3 Å². The van der Waals surface area contributed by atoms with Crippen LogP contribution >= 0.6 is 0 Å². The SMILES string of the molecule is CCC1CCC(CNC(=O)CN(C)C(=O)c2ccccc2)CC1. The summed E-state index contributed by atoms with van der Waals surface area (Å²) in [5.41, 5.74) is 0.612. The van der Waals surface area contributed by atoms with Gasteiger partial charge in [0.05, 0.1) is 6.54 Å². The average Bonchev–Trinajstić information content (AvgIpc) is 2.60. The fourth-order valence-electron chi connectivity index (χ4n) is 3.25. The van der Waals surface area contributed by atoms with E-state index in [1.165, 1.54) is 37.0 Å². The number of likely N-dealkylation sites (N-methyl/N-ethyl adjacent to an activating group) is 1. The summed E-state index contributed by atoms with van der Waals surface area (Å²) in [6.07, 6.45) is 6.24. The Bertz CT molecular complexity index is 507. The molecule has 0 heterocycles. The minimum atomic E-state index is -0.121. The van der Waals surface area contributed by atoms with Crippen molar-refractivity contribution < 1.29 is 9.59 Å². The Labute approximate surface area is 139 Å². The number of benzene rings is 1. The van der Waals surface area contributed by atoms with E-state index in [1.807, 2.05) is 18.2 Å². The van der Waals surface area contributed by atoms with Crippen LogP contribution in [-0.2, 0) is 4.79 Å². The van der Waals surface area contributed by atoms with Crippen molar-refractivity contribution >= 4 is 11.8 Å². The van der Waals surface area contributed by atoms with Crippen molar-refractivity contribution in [2.75, 3.05) is 20.1 Å². The molecule has 1 aliphatic carbocycles. The van der Waals surface area contributed by atoms with Crippen molar-refractivity contribution in [2.24, 2.45) is 11.8 Å². The maximum absolute atomic E-state index is 12.2. The molecule has 0 bridgehead atoms. The van der Waals surface area contributed by atoms with E-state index in [1.54, 1.807) is 19.2 Å². The maximum Gasteiger partial charge on any atom is 0.254 e. The van der Waals surface area contributed by atoms with Crippen LogP contribution in [-0.4, -0.2) is 36.9 Å². The molecule has 1 N–H and O–H groups in total. The van der Waals surface area contributed by atoms with Crippen molar-refractivity contribution in [3.05, 3.63) is 35.9 Å². The van der Waals surface area contributed by atoms with E-state index in [-0.39, 0.29) is 18.4 Å². The normalized spacial score (nSPS) is 20.8. The van der Waals surface area contributed by atoms with Gasteiger partial charge in [0.2, 0.25) is 5.91 Å². The lowest BCUT2D eigenvalue weighted by molar-refractivity contribution is -0.121. The Balaban J connectivity index is 1.71. The molecular formula is C19H28N2O2. The largest absolute Gasteiger partial charge is 0.354 e. The minimum Gasteiger partial charge on any atom is -0.354 e. The zero-order chi connectivity index (χ0) is 16.7. The smallest absolute Gasteiger partial charge is 0.254 e. The predicted molar refractivity (Wildman–Crippen MR) is 92.2 cm³/mol. The van der Waals surface area contributed by atoms with Gasteiger partial charge in [0.15, 0.2) is 0 Å². The number of amides is 2. The molecule has 2 amide bonds. The van der Waals surface area contributed by atoms with Crippen molar-refractivity contribution in [3.63, 3.8) is 0 Å². The lowest BCUT2D eigenvalue weighted by atomic mass is 9.81. The van der Waals surface area contributed by atoms with Gasteiger partial charge in [0.25, 0.3) is 5.91 Å². The zero-order valence-electron chi connectivity index (χ0n) is 14.3. The first-order valence-electron chi connectivity index (χ1n) is 8.67. The summed E-state index contributed by atoms with van der Waals surface area (Å²) in [5, 5.41) is 2.99. The van der Waals surface area contributed by atoms with Crippen LogP contribution in [0, 0.1) is 11.8 Å². The number of rotatable bonds is 6. The summed E-state index contributed by atoms with van der Waals surface area (Å²) >= 11 is 0. The third-order valence-corrected chi connectivity index (χ3v) is 4.88. The van der Waals surface area contributed by atoms with Crippen LogP contribution in [0.25, 0.3) is 0 Å². The summed E-state index contributed by atoms with van der Waals surface area (Å²) in [6.45, 7) is 3.10. The first-order chi connectivity index (χ1) is 11.1. The van der Waals surface area contributed by atoms with E-state index in [0.717, 1.165) is 12.5 Å². The van der Waals surface area contributed by atoms with Gasteiger partial charge in [-0.3, -0.25) is 9.59 Å². The highest BCUT2D eigenvalue weighted by molar-refractivity contribution is 5.96.